The lowest BCUT2D eigenvalue weighted by Crippen LogP contribution is -2.31. The summed E-state index contributed by atoms with van der Waals surface area (Å²) in [7, 11) is 0. The van der Waals surface area contributed by atoms with Crippen molar-refractivity contribution in [3.63, 3.8) is 0 Å². The van der Waals surface area contributed by atoms with Crippen LogP contribution in [0.5, 0.6) is 0 Å². The summed E-state index contributed by atoms with van der Waals surface area (Å²) in [6.07, 6.45) is 6.60. The monoisotopic (exact) mass is 426 g/mol. The largest absolute Gasteiger partial charge is 0.383 e. The molecule has 0 spiro atoms. The molecule has 1 aliphatic heterocycles. The van der Waals surface area contributed by atoms with E-state index in [1.54, 1.807) is 0 Å². The summed E-state index contributed by atoms with van der Waals surface area (Å²) in [4.78, 5) is 15.3. The normalized spacial score (nSPS) is 14.1. The van der Waals surface area contributed by atoms with Crippen molar-refractivity contribution in [1.82, 2.24) is 15.0 Å². The number of hydrogen-bond donors (Lipinski definition) is 3. The molecule has 0 saturated carbocycles. The number of benzene rings is 2. The molecule has 2 aromatic heterocycles. The van der Waals surface area contributed by atoms with Gasteiger partial charge in [0.15, 0.2) is 0 Å². The summed E-state index contributed by atoms with van der Waals surface area (Å²) < 4.78 is 0. The molecule has 0 atom stereocenters. The van der Waals surface area contributed by atoms with Crippen molar-refractivity contribution in [3.05, 3.63) is 65.9 Å². The molecular weight excluding hydrogens is 396 g/mol. The van der Waals surface area contributed by atoms with Gasteiger partial charge < -0.3 is 20.9 Å². The predicted octanol–water partition coefficient (Wildman–Crippen LogP) is 5.16. The van der Waals surface area contributed by atoms with Gasteiger partial charge in [-0.2, -0.15) is 9.97 Å². The summed E-state index contributed by atoms with van der Waals surface area (Å²) in [5, 5.41) is 4.68. The zero-order valence-corrected chi connectivity index (χ0v) is 18.6. The number of aromatic amines is 1. The van der Waals surface area contributed by atoms with Crippen LogP contribution < -0.4 is 16.0 Å². The smallest absolute Gasteiger partial charge is 0.226 e. The lowest BCUT2D eigenvalue weighted by Gasteiger charge is -2.30. The molecule has 4 N–H and O–H groups in total. The van der Waals surface area contributed by atoms with Crippen molar-refractivity contribution >= 4 is 28.5 Å². The summed E-state index contributed by atoms with van der Waals surface area (Å²) >= 11 is 0. The second-order valence-electron chi connectivity index (χ2n) is 8.58. The van der Waals surface area contributed by atoms with E-state index in [0.29, 0.717) is 11.8 Å². The predicted molar refractivity (Wildman–Crippen MR) is 133 cm³/mol. The minimum absolute atomic E-state index is 0.527. The van der Waals surface area contributed by atoms with Crippen LogP contribution in [0.3, 0.4) is 0 Å². The first-order valence-electron chi connectivity index (χ1n) is 11.5. The van der Waals surface area contributed by atoms with Gasteiger partial charge in [-0.3, -0.25) is 0 Å². The fourth-order valence-electron chi connectivity index (χ4n) is 4.52. The number of rotatable bonds is 6. The van der Waals surface area contributed by atoms with E-state index in [1.165, 1.54) is 35.8 Å². The molecule has 0 radical (unpaired) electrons. The molecule has 0 aliphatic carbocycles. The van der Waals surface area contributed by atoms with E-state index in [4.69, 9.17) is 10.7 Å². The molecular formula is C26H30N6. The van der Waals surface area contributed by atoms with Crippen LogP contribution in [0.4, 0.5) is 17.6 Å². The van der Waals surface area contributed by atoms with Crippen LogP contribution in [-0.2, 0) is 6.42 Å². The highest BCUT2D eigenvalue weighted by Crippen LogP contribution is 2.36. The average molecular weight is 427 g/mol. The molecule has 0 unspecified atom stereocenters. The van der Waals surface area contributed by atoms with E-state index < -0.39 is 0 Å². The van der Waals surface area contributed by atoms with Crippen LogP contribution in [0.15, 0.2) is 54.7 Å². The van der Waals surface area contributed by atoms with Gasteiger partial charge in [0.25, 0.3) is 0 Å². The number of fused-ring (bicyclic) bond motifs is 1. The number of nitrogens with two attached hydrogens (primary N) is 1. The van der Waals surface area contributed by atoms with Crippen molar-refractivity contribution in [2.75, 3.05) is 35.6 Å². The number of nitrogens with one attached hydrogen (secondary N) is 2. The van der Waals surface area contributed by atoms with Crippen molar-refractivity contribution < 1.29 is 0 Å². The van der Waals surface area contributed by atoms with E-state index in [0.717, 1.165) is 48.5 Å². The van der Waals surface area contributed by atoms with Crippen LogP contribution >= 0.6 is 0 Å². The number of para-hydroxylation sites is 1. The Morgan fingerprint density at radius 2 is 1.78 bits per heavy atom. The number of nitrogens with zero attached hydrogens (tertiary/aromatic N) is 3. The van der Waals surface area contributed by atoms with Gasteiger partial charge in [-0.15, -0.1) is 0 Å². The minimum atomic E-state index is 0.527. The second kappa shape index (κ2) is 8.91. The molecule has 32 heavy (non-hydrogen) atoms. The Labute approximate surface area is 188 Å². The number of hydrogen-bond acceptors (Lipinski definition) is 5. The van der Waals surface area contributed by atoms with E-state index in [2.05, 4.69) is 81.8 Å². The molecule has 0 amide bonds. The quantitative estimate of drug-likeness (QED) is 0.397. The standard InChI is InChI=1S/C26H30N6/c1-18-9-11-19(12-10-18)23-24(27)30-26(31-25(23)32-15-5-2-6-16-32)28-14-13-20-17-29-22-8-4-3-7-21(20)22/h3-4,7-12,17,29H,2,5-6,13-16H2,1H3,(H3,27,28,30,31). The Bertz CT molecular complexity index is 1200. The minimum Gasteiger partial charge on any atom is -0.383 e. The van der Waals surface area contributed by atoms with Crippen molar-refractivity contribution in [2.45, 2.75) is 32.6 Å². The van der Waals surface area contributed by atoms with Crippen LogP contribution in [0.1, 0.15) is 30.4 Å². The molecule has 6 heteroatoms. The van der Waals surface area contributed by atoms with E-state index in [1.807, 2.05) is 0 Å². The Morgan fingerprint density at radius 3 is 2.59 bits per heavy atom. The molecule has 5 rings (SSSR count). The van der Waals surface area contributed by atoms with Crippen molar-refractivity contribution in [1.29, 1.82) is 0 Å². The van der Waals surface area contributed by atoms with Gasteiger partial charge in [-0.1, -0.05) is 48.0 Å². The molecule has 3 heterocycles. The Balaban J connectivity index is 1.41. The Kier molecular flexibility index (Phi) is 5.67. The van der Waals surface area contributed by atoms with Gasteiger partial charge in [0.05, 0.1) is 5.56 Å². The zero-order valence-electron chi connectivity index (χ0n) is 18.6. The fraction of sp³-hybridized carbons (Fsp3) is 0.308. The number of aryl methyl sites for hydroxylation is 1. The van der Waals surface area contributed by atoms with Gasteiger partial charge in [0.2, 0.25) is 5.95 Å². The topological polar surface area (TPSA) is 82.9 Å². The maximum absolute atomic E-state index is 6.52. The third kappa shape index (κ3) is 4.13. The molecule has 2 aromatic carbocycles. The molecule has 1 saturated heterocycles. The Morgan fingerprint density at radius 1 is 1.00 bits per heavy atom. The summed E-state index contributed by atoms with van der Waals surface area (Å²) in [6.45, 7) is 4.84. The first-order valence-corrected chi connectivity index (χ1v) is 11.5. The lowest BCUT2D eigenvalue weighted by molar-refractivity contribution is 0.574. The molecule has 6 nitrogen and oxygen atoms in total. The third-order valence-electron chi connectivity index (χ3n) is 6.27. The SMILES string of the molecule is Cc1ccc(-c2c(N)nc(NCCc3c[nH]c4ccccc34)nc2N2CCCCC2)cc1. The molecule has 1 fully saturated rings. The van der Waals surface area contributed by atoms with Gasteiger partial charge in [-0.05, 0) is 49.8 Å². The number of H-pyrrole nitrogens is 1. The van der Waals surface area contributed by atoms with Gasteiger partial charge in [0.1, 0.15) is 11.6 Å². The van der Waals surface area contributed by atoms with Crippen molar-refractivity contribution in [2.24, 2.45) is 0 Å². The fourth-order valence-corrected chi connectivity index (χ4v) is 4.52. The van der Waals surface area contributed by atoms with Crippen LogP contribution in [0.2, 0.25) is 0 Å². The summed E-state index contributed by atoms with van der Waals surface area (Å²) in [6, 6.07) is 16.8. The van der Waals surface area contributed by atoms with Gasteiger partial charge >= 0.3 is 0 Å². The van der Waals surface area contributed by atoms with E-state index in [-0.39, 0.29) is 0 Å². The molecule has 4 aromatic rings. The lowest BCUT2D eigenvalue weighted by atomic mass is 10.0. The van der Waals surface area contributed by atoms with E-state index >= 15 is 0 Å². The number of anilines is 3. The van der Waals surface area contributed by atoms with Gasteiger partial charge in [0, 0.05) is 36.7 Å². The second-order valence-corrected chi connectivity index (χ2v) is 8.58. The number of nitrogen functional groups attached to an aromatic ring is 1. The first kappa shape index (κ1) is 20.4. The maximum Gasteiger partial charge on any atom is 0.226 e. The highest BCUT2D eigenvalue weighted by Gasteiger charge is 2.21. The van der Waals surface area contributed by atoms with E-state index in [9.17, 15) is 0 Å². The van der Waals surface area contributed by atoms with Crippen LogP contribution in [0, 0.1) is 6.92 Å². The number of aromatic nitrogens is 3. The zero-order chi connectivity index (χ0) is 21.9. The molecule has 1 aliphatic rings. The molecule has 0 bridgehead atoms. The number of piperidine rings is 1. The third-order valence-corrected chi connectivity index (χ3v) is 6.27. The van der Waals surface area contributed by atoms with Crippen LogP contribution in [-0.4, -0.2) is 34.6 Å². The Hall–Kier alpha value is -3.54. The van der Waals surface area contributed by atoms with Crippen LogP contribution in [0.25, 0.3) is 22.0 Å². The highest BCUT2D eigenvalue weighted by molar-refractivity contribution is 5.85. The highest BCUT2D eigenvalue weighted by atomic mass is 15.2. The maximum atomic E-state index is 6.52. The molecule has 164 valence electrons. The summed E-state index contributed by atoms with van der Waals surface area (Å²) in [5.41, 5.74) is 12.2. The van der Waals surface area contributed by atoms with Crippen molar-refractivity contribution in [3.8, 4) is 11.1 Å². The first-order chi connectivity index (χ1) is 15.7. The average Bonchev–Trinajstić information content (AvgIpc) is 3.23. The van der Waals surface area contributed by atoms with Gasteiger partial charge in [-0.25, -0.2) is 0 Å². The summed E-state index contributed by atoms with van der Waals surface area (Å²) in [5.74, 6) is 2.06.